The molecule has 0 spiro atoms. The Balaban J connectivity index is 2.89. The van der Waals surface area contributed by atoms with Crippen molar-refractivity contribution in [3.63, 3.8) is 0 Å². The first-order valence-corrected chi connectivity index (χ1v) is 8.40. The Morgan fingerprint density at radius 1 is 1.47 bits per heavy atom. The molecule has 3 nitrogen and oxygen atoms in total. The van der Waals surface area contributed by atoms with E-state index in [1.54, 1.807) is 0 Å². The molecule has 0 N–H and O–H groups in total. The van der Waals surface area contributed by atoms with Gasteiger partial charge in [0.25, 0.3) is 0 Å². The molecule has 0 heterocycles. The Kier molecular flexibility index (Phi) is 5.58. The first-order valence-electron chi connectivity index (χ1n) is 5.12. The number of hydrogen-bond acceptors (Lipinski definition) is 4. The second-order valence-electron chi connectivity index (χ2n) is 4.31. The molecule has 1 rings (SSSR count). The fourth-order valence-electron chi connectivity index (χ4n) is 1.54. The lowest BCUT2D eigenvalue weighted by molar-refractivity contribution is -0.141. The average molecular weight is 366 g/mol. The van der Waals surface area contributed by atoms with Gasteiger partial charge in [-0.2, -0.15) is 0 Å². The third kappa shape index (κ3) is 4.39. The zero-order chi connectivity index (χ0) is 12.9. The summed E-state index contributed by atoms with van der Waals surface area (Å²) in [5, 5.41) is 0. The molecule has 0 radical (unpaired) electrons. The minimum Gasteiger partial charge on any atom is -0.469 e. The highest BCUT2D eigenvalue weighted by Gasteiger charge is 2.25. The van der Waals surface area contributed by atoms with Crippen molar-refractivity contribution >= 4 is 36.4 Å². The van der Waals surface area contributed by atoms with Crippen LogP contribution in [-0.2, 0) is 14.9 Å². The van der Waals surface area contributed by atoms with Crippen molar-refractivity contribution in [2.24, 2.45) is 0 Å². The second-order valence-corrected chi connectivity index (χ2v) is 5.68. The van der Waals surface area contributed by atoms with Crippen LogP contribution in [0.3, 0.4) is 0 Å². The van der Waals surface area contributed by atoms with Crippen LogP contribution >= 0.6 is 30.4 Å². The van der Waals surface area contributed by atoms with E-state index in [1.165, 1.54) is 16.3 Å². The van der Waals surface area contributed by atoms with Crippen LogP contribution in [0.2, 0.25) is 0 Å². The lowest BCUT2D eigenvalue weighted by Crippen LogP contribution is -2.22. The molecule has 17 heavy (non-hydrogen) atoms. The standard InChI is InChI=1S/C12H15IO3S/c1-12(2,8-11(14)15-3)9-5-4-6-10(7-9)16-17-13/h4-7H,8H2,1-3H3. The molecular formula is C12H15IO3S. The number of carbonyl (C=O) groups is 1. The smallest absolute Gasteiger partial charge is 0.306 e. The number of rotatable bonds is 5. The molecule has 0 atom stereocenters. The number of esters is 1. The first kappa shape index (κ1) is 14.6. The van der Waals surface area contributed by atoms with Crippen LogP contribution < -0.4 is 4.18 Å². The quantitative estimate of drug-likeness (QED) is 0.450. The van der Waals surface area contributed by atoms with Crippen LogP contribution in [0.4, 0.5) is 0 Å². The molecule has 0 aliphatic rings. The lowest BCUT2D eigenvalue weighted by Gasteiger charge is -2.24. The maximum atomic E-state index is 11.4. The zero-order valence-electron chi connectivity index (χ0n) is 10.0. The second kappa shape index (κ2) is 6.49. The van der Waals surface area contributed by atoms with Crippen LogP contribution in [0.1, 0.15) is 25.8 Å². The van der Waals surface area contributed by atoms with E-state index >= 15 is 0 Å². The molecule has 94 valence electrons. The Morgan fingerprint density at radius 2 is 2.18 bits per heavy atom. The molecule has 1 aromatic rings. The van der Waals surface area contributed by atoms with Crippen LogP contribution in [0, 0.1) is 0 Å². The molecule has 0 amide bonds. The summed E-state index contributed by atoms with van der Waals surface area (Å²) in [5.41, 5.74) is 0.799. The highest BCUT2D eigenvalue weighted by molar-refractivity contribution is 14.2. The lowest BCUT2D eigenvalue weighted by atomic mass is 9.81. The van der Waals surface area contributed by atoms with Crippen molar-refractivity contribution in [1.82, 2.24) is 0 Å². The molecule has 0 aliphatic carbocycles. The van der Waals surface area contributed by atoms with Crippen molar-refractivity contribution in [2.45, 2.75) is 25.7 Å². The molecule has 1 aromatic carbocycles. The minimum atomic E-state index is -0.262. The Morgan fingerprint density at radius 3 is 2.76 bits per heavy atom. The van der Waals surface area contributed by atoms with Gasteiger partial charge in [-0.3, -0.25) is 4.79 Å². The Labute approximate surface area is 118 Å². The molecule has 0 aliphatic heterocycles. The molecular weight excluding hydrogens is 351 g/mol. The number of carbonyl (C=O) groups excluding carboxylic acids is 1. The van der Waals surface area contributed by atoms with Gasteiger partial charge in [0.1, 0.15) is 15.0 Å². The SMILES string of the molecule is COC(=O)CC(C)(C)c1cccc(OSI)c1. The fraction of sp³-hybridized carbons (Fsp3) is 0.417. The van der Waals surface area contributed by atoms with Crippen LogP contribution in [-0.4, -0.2) is 13.1 Å². The molecule has 5 heteroatoms. The summed E-state index contributed by atoms with van der Waals surface area (Å²) in [5.74, 6) is 0.587. The molecule has 0 saturated heterocycles. The summed E-state index contributed by atoms with van der Waals surface area (Å²) < 4.78 is 10.1. The Bertz CT molecular complexity index is 393. The van der Waals surface area contributed by atoms with Gasteiger partial charge in [0.15, 0.2) is 0 Å². The number of hydrogen-bond donors (Lipinski definition) is 0. The monoisotopic (exact) mass is 366 g/mol. The third-order valence-corrected chi connectivity index (χ3v) is 3.35. The first-order chi connectivity index (χ1) is 7.99. The molecule has 0 fully saturated rings. The van der Waals surface area contributed by atoms with E-state index in [2.05, 4.69) is 21.2 Å². The summed E-state index contributed by atoms with van der Waals surface area (Å²) in [6.07, 6.45) is 0.352. The molecule has 0 bridgehead atoms. The summed E-state index contributed by atoms with van der Waals surface area (Å²) >= 11 is 2.07. The van der Waals surface area contributed by atoms with E-state index in [0.29, 0.717) is 6.42 Å². The van der Waals surface area contributed by atoms with E-state index in [4.69, 9.17) is 8.92 Å². The van der Waals surface area contributed by atoms with Gasteiger partial charge in [0.05, 0.1) is 13.5 Å². The van der Waals surface area contributed by atoms with Crippen molar-refractivity contribution in [3.8, 4) is 5.75 Å². The largest absolute Gasteiger partial charge is 0.469 e. The number of ether oxygens (including phenoxy) is 1. The number of halogens is 1. The van der Waals surface area contributed by atoms with Gasteiger partial charge < -0.3 is 8.92 Å². The van der Waals surface area contributed by atoms with Gasteiger partial charge in [-0.1, -0.05) is 26.0 Å². The van der Waals surface area contributed by atoms with E-state index in [-0.39, 0.29) is 11.4 Å². The van der Waals surface area contributed by atoms with Crippen LogP contribution in [0.25, 0.3) is 0 Å². The average Bonchev–Trinajstić information content (AvgIpc) is 2.29. The van der Waals surface area contributed by atoms with Gasteiger partial charge >= 0.3 is 5.97 Å². The normalized spacial score (nSPS) is 11.1. The fourth-order valence-corrected chi connectivity index (χ4v) is 2.34. The summed E-state index contributed by atoms with van der Waals surface area (Å²) in [6, 6.07) is 7.77. The number of benzene rings is 1. The van der Waals surface area contributed by atoms with E-state index in [0.717, 1.165) is 11.3 Å². The minimum absolute atomic E-state index is 0.204. The number of methoxy groups -OCH3 is 1. The third-order valence-electron chi connectivity index (χ3n) is 2.56. The summed E-state index contributed by atoms with van der Waals surface area (Å²) in [4.78, 5) is 11.4. The summed E-state index contributed by atoms with van der Waals surface area (Å²) in [7, 11) is 2.68. The maximum absolute atomic E-state index is 11.4. The molecule has 0 aromatic heterocycles. The van der Waals surface area contributed by atoms with Crippen molar-refractivity contribution in [1.29, 1.82) is 0 Å². The van der Waals surface area contributed by atoms with Crippen LogP contribution in [0.15, 0.2) is 24.3 Å². The topological polar surface area (TPSA) is 35.5 Å². The predicted molar refractivity (Wildman–Crippen MR) is 78.3 cm³/mol. The highest BCUT2D eigenvalue weighted by atomic mass is 127. The van der Waals surface area contributed by atoms with Gasteiger partial charge in [0.2, 0.25) is 0 Å². The predicted octanol–water partition coefficient (Wildman–Crippen LogP) is 3.90. The molecule has 0 saturated carbocycles. The van der Waals surface area contributed by atoms with E-state index < -0.39 is 0 Å². The maximum Gasteiger partial charge on any atom is 0.306 e. The van der Waals surface area contributed by atoms with Gasteiger partial charge in [0, 0.05) is 26.6 Å². The van der Waals surface area contributed by atoms with E-state index in [1.807, 2.05) is 38.1 Å². The highest BCUT2D eigenvalue weighted by Crippen LogP contribution is 2.31. The van der Waals surface area contributed by atoms with Gasteiger partial charge in [-0.25, -0.2) is 0 Å². The molecule has 0 unspecified atom stereocenters. The van der Waals surface area contributed by atoms with Gasteiger partial charge in [-0.05, 0) is 17.7 Å². The van der Waals surface area contributed by atoms with Gasteiger partial charge in [-0.15, -0.1) is 0 Å². The zero-order valence-corrected chi connectivity index (χ0v) is 13.0. The summed E-state index contributed by atoms with van der Waals surface area (Å²) in [6.45, 7) is 4.03. The van der Waals surface area contributed by atoms with Crippen molar-refractivity contribution < 1.29 is 13.7 Å². The van der Waals surface area contributed by atoms with E-state index in [9.17, 15) is 4.79 Å². The Hall–Kier alpha value is -0.430. The van der Waals surface area contributed by atoms with Crippen molar-refractivity contribution in [3.05, 3.63) is 29.8 Å². The van der Waals surface area contributed by atoms with Crippen LogP contribution in [0.5, 0.6) is 5.75 Å². The van der Waals surface area contributed by atoms with Crippen molar-refractivity contribution in [2.75, 3.05) is 7.11 Å².